The number of hydrogen-bond acceptors (Lipinski definition) is 5. The highest BCUT2D eigenvalue weighted by atomic mass is 79.9. The molecule has 0 aliphatic carbocycles. The minimum atomic E-state index is 0.622. The van der Waals surface area contributed by atoms with Crippen LogP contribution < -0.4 is 11.2 Å². The van der Waals surface area contributed by atoms with Crippen molar-refractivity contribution in [2.24, 2.45) is 5.10 Å². The van der Waals surface area contributed by atoms with Crippen molar-refractivity contribution >= 4 is 33.1 Å². The van der Waals surface area contributed by atoms with Crippen LogP contribution in [0.2, 0.25) is 0 Å². The summed E-state index contributed by atoms with van der Waals surface area (Å²) in [7, 11) is 0. The molecule has 6 heteroatoms. The van der Waals surface area contributed by atoms with E-state index in [4.69, 9.17) is 10.7 Å². The second kappa shape index (κ2) is 8.88. The average Bonchev–Trinajstić information content (AvgIpc) is 2.79. The second-order valence-corrected chi connectivity index (χ2v) is 7.68. The van der Waals surface area contributed by atoms with Gasteiger partial charge in [0.1, 0.15) is 0 Å². The number of halogens is 1. The zero-order valence-electron chi connectivity index (χ0n) is 16.4. The molecule has 0 bridgehead atoms. The van der Waals surface area contributed by atoms with Gasteiger partial charge in [0.15, 0.2) is 11.6 Å². The van der Waals surface area contributed by atoms with E-state index >= 15 is 0 Å². The zero-order chi connectivity index (χ0) is 20.9. The van der Waals surface area contributed by atoms with Gasteiger partial charge in [0.05, 0.1) is 11.4 Å². The maximum atomic E-state index is 5.77. The molecule has 0 aliphatic rings. The monoisotopic (exact) mass is 457 g/mol. The maximum Gasteiger partial charge on any atom is 0.162 e. The highest BCUT2D eigenvalue weighted by Crippen LogP contribution is 2.25. The first-order chi connectivity index (χ1) is 14.6. The second-order valence-electron chi connectivity index (χ2n) is 6.77. The van der Waals surface area contributed by atoms with E-state index in [2.05, 4.69) is 31.4 Å². The molecule has 0 aliphatic heterocycles. The highest BCUT2D eigenvalue weighted by Gasteiger charge is 2.09. The van der Waals surface area contributed by atoms with Gasteiger partial charge in [-0.05, 0) is 36.8 Å². The van der Waals surface area contributed by atoms with E-state index in [0.717, 1.165) is 38.3 Å². The van der Waals surface area contributed by atoms with Crippen LogP contribution in [-0.4, -0.2) is 15.7 Å². The molecule has 1 aromatic heterocycles. The number of nitrogens with one attached hydrogen (secondary N) is 1. The van der Waals surface area contributed by atoms with Gasteiger partial charge in [-0.2, -0.15) is 5.10 Å². The van der Waals surface area contributed by atoms with Gasteiger partial charge in [-0.3, -0.25) is 5.43 Å². The number of aromatic nitrogens is 2. The number of hydrogen-bond donors (Lipinski definition) is 2. The molecular weight excluding hydrogens is 438 g/mol. The first kappa shape index (κ1) is 19.8. The van der Waals surface area contributed by atoms with Crippen molar-refractivity contribution in [3.63, 3.8) is 0 Å². The SMILES string of the molecule is CC(=NNc1cc(-c2ccccc2)nc(-c2ccc(Br)cc2)n1)c1ccc(N)cc1. The number of nitrogen functional groups attached to an aromatic ring is 1. The Hall–Kier alpha value is -3.51. The van der Waals surface area contributed by atoms with E-state index in [9.17, 15) is 0 Å². The number of nitrogens with zero attached hydrogens (tertiary/aromatic N) is 3. The molecule has 30 heavy (non-hydrogen) atoms. The molecule has 0 fully saturated rings. The lowest BCUT2D eigenvalue weighted by Gasteiger charge is -2.09. The molecular formula is C24H20BrN5. The standard InChI is InChI=1S/C24H20BrN5/c1-16(17-9-13-21(26)14-10-17)29-30-23-15-22(18-5-3-2-4-6-18)27-24(28-23)19-7-11-20(25)12-8-19/h2-15H,26H2,1H3,(H,27,28,30). The molecule has 4 aromatic rings. The summed E-state index contributed by atoms with van der Waals surface area (Å²) in [6.07, 6.45) is 0. The van der Waals surface area contributed by atoms with E-state index in [0.29, 0.717) is 11.6 Å². The van der Waals surface area contributed by atoms with Crippen LogP contribution in [0.25, 0.3) is 22.6 Å². The molecule has 3 N–H and O–H groups in total. The van der Waals surface area contributed by atoms with Crippen molar-refractivity contribution in [1.82, 2.24) is 9.97 Å². The molecule has 0 amide bonds. The van der Waals surface area contributed by atoms with Gasteiger partial charge in [-0.25, -0.2) is 9.97 Å². The fraction of sp³-hybridized carbons (Fsp3) is 0.0417. The van der Waals surface area contributed by atoms with Gasteiger partial charge in [0, 0.05) is 27.4 Å². The van der Waals surface area contributed by atoms with Gasteiger partial charge >= 0.3 is 0 Å². The van der Waals surface area contributed by atoms with Crippen LogP contribution in [0.3, 0.4) is 0 Å². The molecule has 0 saturated carbocycles. The van der Waals surface area contributed by atoms with E-state index in [1.807, 2.05) is 91.9 Å². The van der Waals surface area contributed by atoms with Crippen LogP contribution in [0.1, 0.15) is 12.5 Å². The molecule has 4 rings (SSSR count). The zero-order valence-corrected chi connectivity index (χ0v) is 18.0. The van der Waals surface area contributed by atoms with Crippen molar-refractivity contribution in [2.45, 2.75) is 6.92 Å². The lowest BCUT2D eigenvalue weighted by molar-refractivity contribution is 1.15. The molecule has 0 atom stereocenters. The molecule has 0 radical (unpaired) electrons. The van der Waals surface area contributed by atoms with Crippen LogP contribution >= 0.6 is 15.9 Å². The number of anilines is 2. The van der Waals surface area contributed by atoms with Crippen molar-refractivity contribution in [3.05, 3.63) is 95.0 Å². The van der Waals surface area contributed by atoms with Crippen molar-refractivity contribution in [2.75, 3.05) is 11.2 Å². The van der Waals surface area contributed by atoms with Crippen LogP contribution in [0.4, 0.5) is 11.5 Å². The van der Waals surface area contributed by atoms with E-state index in [-0.39, 0.29) is 0 Å². The third-order valence-electron chi connectivity index (χ3n) is 4.56. The van der Waals surface area contributed by atoms with Crippen LogP contribution in [0.15, 0.2) is 94.5 Å². The van der Waals surface area contributed by atoms with Gasteiger partial charge in [0.25, 0.3) is 0 Å². The Morgan fingerprint density at radius 1 is 0.867 bits per heavy atom. The van der Waals surface area contributed by atoms with Gasteiger partial charge in [0.2, 0.25) is 0 Å². The van der Waals surface area contributed by atoms with Crippen LogP contribution in [-0.2, 0) is 0 Å². The Morgan fingerprint density at radius 3 is 2.27 bits per heavy atom. The Kier molecular flexibility index (Phi) is 5.86. The number of benzene rings is 3. The number of hydrazone groups is 1. The van der Waals surface area contributed by atoms with Crippen LogP contribution in [0.5, 0.6) is 0 Å². The third-order valence-corrected chi connectivity index (χ3v) is 5.09. The first-order valence-electron chi connectivity index (χ1n) is 9.45. The van der Waals surface area contributed by atoms with Gasteiger partial charge < -0.3 is 5.73 Å². The predicted molar refractivity (Wildman–Crippen MR) is 127 cm³/mol. The quantitative estimate of drug-likeness (QED) is 0.219. The summed E-state index contributed by atoms with van der Waals surface area (Å²) in [5.41, 5.74) is 14.2. The van der Waals surface area contributed by atoms with Gasteiger partial charge in [-0.15, -0.1) is 0 Å². The van der Waals surface area contributed by atoms with E-state index in [1.54, 1.807) is 0 Å². The molecule has 0 spiro atoms. The molecule has 0 saturated heterocycles. The minimum Gasteiger partial charge on any atom is -0.399 e. The normalized spacial score (nSPS) is 11.3. The lowest BCUT2D eigenvalue weighted by Crippen LogP contribution is -2.03. The summed E-state index contributed by atoms with van der Waals surface area (Å²) >= 11 is 3.47. The van der Waals surface area contributed by atoms with E-state index in [1.165, 1.54) is 0 Å². The molecule has 1 heterocycles. The molecule has 5 nitrogen and oxygen atoms in total. The molecule has 0 unspecified atom stereocenters. The summed E-state index contributed by atoms with van der Waals surface area (Å²) in [6.45, 7) is 1.94. The summed E-state index contributed by atoms with van der Waals surface area (Å²) in [6, 6.07) is 27.5. The third kappa shape index (κ3) is 4.72. The Bertz CT molecular complexity index is 1170. The Labute approximate surface area is 183 Å². The topological polar surface area (TPSA) is 76.2 Å². The van der Waals surface area contributed by atoms with E-state index < -0.39 is 0 Å². The minimum absolute atomic E-state index is 0.622. The Balaban J connectivity index is 1.71. The number of rotatable bonds is 5. The maximum absolute atomic E-state index is 5.77. The summed E-state index contributed by atoms with van der Waals surface area (Å²) in [5, 5.41) is 4.51. The van der Waals surface area contributed by atoms with Crippen molar-refractivity contribution < 1.29 is 0 Å². The molecule has 3 aromatic carbocycles. The first-order valence-corrected chi connectivity index (χ1v) is 10.2. The smallest absolute Gasteiger partial charge is 0.162 e. The Morgan fingerprint density at radius 2 is 1.57 bits per heavy atom. The summed E-state index contributed by atoms with van der Waals surface area (Å²) in [5.74, 6) is 1.25. The summed E-state index contributed by atoms with van der Waals surface area (Å²) < 4.78 is 1.01. The predicted octanol–water partition coefficient (Wildman–Crippen LogP) is 5.99. The van der Waals surface area contributed by atoms with Crippen molar-refractivity contribution in [1.29, 1.82) is 0 Å². The number of nitrogens with two attached hydrogens (primary N) is 1. The largest absolute Gasteiger partial charge is 0.399 e. The van der Waals surface area contributed by atoms with Crippen LogP contribution in [0, 0.1) is 0 Å². The lowest BCUT2D eigenvalue weighted by atomic mass is 10.1. The van der Waals surface area contributed by atoms with Crippen molar-refractivity contribution in [3.8, 4) is 22.6 Å². The fourth-order valence-electron chi connectivity index (χ4n) is 2.92. The molecule has 148 valence electrons. The van der Waals surface area contributed by atoms with Gasteiger partial charge in [-0.1, -0.05) is 70.5 Å². The summed E-state index contributed by atoms with van der Waals surface area (Å²) in [4.78, 5) is 9.44. The highest BCUT2D eigenvalue weighted by molar-refractivity contribution is 9.10. The average molecular weight is 458 g/mol. The fourth-order valence-corrected chi connectivity index (χ4v) is 3.18.